The van der Waals surface area contributed by atoms with Gasteiger partial charge in [-0.2, -0.15) is 0 Å². The van der Waals surface area contributed by atoms with E-state index in [-0.39, 0.29) is 41.1 Å². The second kappa shape index (κ2) is 8.72. The highest BCUT2D eigenvalue weighted by molar-refractivity contribution is 6.09. The molecule has 1 aliphatic heterocycles. The number of rotatable bonds is 5. The molecular weight excluding hydrogens is 450 g/mol. The average Bonchev–Trinajstić information content (AvgIpc) is 2.82. The Hall–Kier alpha value is -4.46. The summed E-state index contributed by atoms with van der Waals surface area (Å²) in [5, 5.41) is 11.2. The van der Waals surface area contributed by atoms with Crippen molar-refractivity contribution in [1.29, 1.82) is 0 Å². The molecule has 0 fully saturated rings. The minimum atomic E-state index is -0.655. The number of aromatic nitrogens is 1. The summed E-state index contributed by atoms with van der Waals surface area (Å²) in [6.07, 6.45) is 1.59. The van der Waals surface area contributed by atoms with E-state index < -0.39 is 23.3 Å². The first-order valence-electron chi connectivity index (χ1n) is 11.0. The minimum Gasteiger partial charge on any atom is -0.506 e. The largest absolute Gasteiger partial charge is 0.506 e. The SMILES string of the molecule is CC(=O)c1c2c(c3oc(=O)cc(C)c3c1O)[C@H](c1ccccc1OCc1ccccn1)CC(=O)O2. The summed E-state index contributed by atoms with van der Waals surface area (Å²) in [4.78, 5) is 41.8. The number of benzene rings is 2. The molecule has 5 rings (SSSR count). The molecule has 0 saturated heterocycles. The second-order valence-electron chi connectivity index (χ2n) is 8.35. The molecular formula is C27H21NO7. The first-order chi connectivity index (χ1) is 16.8. The van der Waals surface area contributed by atoms with E-state index in [1.54, 1.807) is 37.4 Å². The molecule has 0 bridgehead atoms. The van der Waals surface area contributed by atoms with Crippen molar-refractivity contribution in [2.24, 2.45) is 0 Å². The standard InChI is InChI=1S/C27H21NO7/c1-14-11-20(30)34-26-22(14)25(32)23(15(2)29)27-24(26)18(12-21(31)35-27)17-8-3-4-9-19(17)33-13-16-7-5-6-10-28-16/h3-11,18,32H,12-13H2,1-2H3/t18-/m0/s1. The van der Waals surface area contributed by atoms with Crippen molar-refractivity contribution in [3.05, 3.63) is 93.1 Å². The smallest absolute Gasteiger partial charge is 0.336 e. The van der Waals surface area contributed by atoms with Crippen LogP contribution in [0.15, 0.2) is 63.9 Å². The predicted molar refractivity (Wildman–Crippen MR) is 126 cm³/mol. The number of ketones is 1. The van der Waals surface area contributed by atoms with Crippen LogP contribution in [0.1, 0.15) is 52.0 Å². The highest BCUT2D eigenvalue weighted by atomic mass is 16.5. The third-order valence-electron chi connectivity index (χ3n) is 6.03. The Bertz CT molecular complexity index is 1540. The van der Waals surface area contributed by atoms with Crippen LogP contribution in [0.5, 0.6) is 17.2 Å². The number of hydrogen-bond acceptors (Lipinski definition) is 8. The number of carbonyl (C=O) groups is 2. The van der Waals surface area contributed by atoms with Gasteiger partial charge in [-0.15, -0.1) is 0 Å². The molecule has 8 nitrogen and oxygen atoms in total. The summed E-state index contributed by atoms with van der Waals surface area (Å²) in [6.45, 7) is 3.12. The highest BCUT2D eigenvalue weighted by Crippen LogP contribution is 2.50. The number of aryl methyl sites for hydroxylation is 1. The van der Waals surface area contributed by atoms with Gasteiger partial charge in [0.15, 0.2) is 11.5 Å². The molecule has 176 valence electrons. The van der Waals surface area contributed by atoms with Gasteiger partial charge in [-0.25, -0.2) is 4.79 Å². The number of fused-ring (bicyclic) bond motifs is 3. The molecule has 4 aromatic rings. The van der Waals surface area contributed by atoms with Crippen molar-refractivity contribution >= 4 is 22.7 Å². The molecule has 1 atom stereocenters. The van der Waals surface area contributed by atoms with Crippen LogP contribution in [0, 0.1) is 6.92 Å². The fourth-order valence-electron chi connectivity index (χ4n) is 4.54. The third kappa shape index (κ3) is 3.93. The maximum atomic E-state index is 12.7. The van der Waals surface area contributed by atoms with E-state index in [4.69, 9.17) is 13.9 Å². The van der Waals surface area contributed by atoms with Crippen molar-refractivity contribution in [3.63, 3.8) is 0 Å². The molecule has 0 amide bonds. The Labute approximate surface area is 199 Å². The molecule has 35 heavy (non-hydrogen) atoms. The van der Waals surface area contributed by atoms with Crippen molar-refractivity contribution in [2.75, 3.05) is 0 Å². The number of aromatic hydroxyl groups is 1. The summed E-state index contributed by atoms with van der Waals surface area (Å²) in [7, 11) is 0. The van der Waals surface area contributed by atoms with Crippen LogP contribution in [0.3, 0.4) is 0 Å². The molecule has 8 heteroatoms. The first-order valence-corrected chi connectivity index (χ1v) is 11.0. The number of para-hydroxylation sites is 1. The fourth-order valence-corrected chi connectivity index (χ4v) is 4.54. The number of pyridine rings is 1. The second-order valence-corrected chi connectivity index (χ2v) is 8.35. The number of ether oxygens (including phenoxy) is 2. The Morgan fingerprint density at radius 1 is 1.17 bits per heavy atom. The minimum absolute atomic E-state index is 0.0736. The van der Waals surface area contributed by atoms with Gasteiger partial charge in [-0.1, -0.05) is 24.3 Å². The monoisotopic (exact) mass is 471 g/mol. The topological polar surface area (TPSA) is 116 Å². The van der Waals surface area contributed by atoms with Gasteiger partial charge in [0.1, 0.15) is 29.3 Å². The number of nitrogens with zero attached hydrogens (tertiary/aromatic N) is 1. The average molecular weight is 471 g/mol. The number of esters is 1. The van der Waals surface area contributed by atoms with Gasteiger partial charge in [-0.05, 0) is 37.6 Å². The highest BCUT2D eigenvalue weighted by Gasteiger charge is 2.38. The molecule has 1 aliphatic rings. The lowest BCUT2D eigenvalue weighted by Gasteiger charge is -2.28. The Balaban J connectivity index is 1.75. The molecule has 0 spiro atoms. The molecule has 0 unspecified atom stereocenters. The van der Waals surface area contributed by atoms with Crippen LogP contribution in [0.4, 0.5) is 0 Å². The number of Topliss-reactive ketones (excluding diaryl/α,β-unsaturated/α-hetero) is 1. The maximum Gasteiger partial charge on any atom is 0.336 e. The molecule has 2 aromatic carbocycles. The zero-order valence-corrected chi connectivity index (χ0v) is 19.0. The normalized spacial score (nSPS) is 14.9. The zero-order valence-electron chi connectivity index (χ0n) is 19.0. The van der Waals surface area contributed by atoms with Crippen molar-refractivity contribution in [2.45, 2.75) is 32.8 Å². The number of phenols is 1. The van der Waals surface area contributed by atoms with E-state index in [1.807, 2.05) is 18.2 Å². The predicted octanol–water partition coefficient (Wildman–Crippen LogP) is 4.42. The quantitative estimate of drug-likeness (QED) is 0.197. The number of phenolic OH excluding ortho intramolecular Hbond substituents is 1. The molecule has 0 aliphatic carbocycles. The summed E-state index contributed by atoms with van der Waals surface area (Å²) >= 11 is 0. The molecule has 0 radical (unpaired) electrons. The third-order valence-corrected chi connectivity index (χ3v) is 6.03. The molecule has 3 heterocycles. The molecule has 1 N–H and O–H groups in total. The summed E-state index contributed by atoms with van der Waals surface area (Å²) < 4.78 is 17.1. The van der Waals surface area contributed by atoms with Gasteiger partial charge in [0.25, 0.3) is 0 Å². The summed E-state index contributed by atoms with van der Waals surface area (Å²) in [5.41, 5.74) is 1.47. The van der Waals surface area contributed by atoms with Crippen LogP contribution in [-0.4, -0.2) is 21.8 Å². The Kier molecular flexibility index (Phi) is 5.56. The lowest BCUT2D eigenvalue weighted by Crippen LogP contribution is -2.24. The van der Waals surface area contributed by atoms with Crippen LogP contribution in [0.25, 0.3) is 11.0 Å². The van der Waals surface area contributed by atoms with E-state index in [0.29, 0.717) is 22.4 Å². The fraction of sp³-hybridized carbons (Fsp3) is 0.185. The van der Waals surface area contributed by atoms with Gasteiger partial charge in [-0.3, -0.25) is 14.6 Å². The van der Waals surface area contributed by atoms with E-state index >= 15 is 0 Å². The van der Waals surface area contributed by atoms with Crippen molar-refractivity contribution in [1.82, 2.24) is 4.98 Å². The van der Waals surface area contributed by atoms with E-state index in [1.165, 1.54) is 13.0 Å². The lowest BCUT2D eigenvalue weighted by atomic mass is 9.82. The van der Waals surface area contributed by atoms with Crippen molar-refractivity contribution in [3.8, 4) is 17.2 Å². The van der Waals surface area contributed by atoms with Gasteiger partial charge < -0.3 is 19.0 Å². The molecule has 0 saturated carbocycles. The van der Waals surface area contributed by atoms with Gasteiger partial charge in [0, 0.05) is 29.3 Å². The van der Waals surface area contributed by atoms with Crippen molar-refractivity contribution < 1.29 is 28.6 Å². The Morgan fingerprint density at radius 2 is 1.94 bits per heavy atom. The van der Waals surface area contributed by atoms with Gasteiger partial charge >= 0.3 is 11.6 Å². The molecule has 2 aromatic heterocycles. The summed E-state index contributed by atoms with van der Waals surface area (Å²) in [5.74, 6) is -1.71. The van der Waals surface area contributed by atoms with E-state index in [2.05, 4.69) is 4.98 Å². The van der Waals surface area contributed by atoms with Crippen LogP contribution >= 0.6 is 0 Å². The van der Waals surface area contributed by atoms with Gasteiger partial charge in [0.05, 0.1) is 17.5 Å². The summed E-state index contributed by atoms with van der Waals surface area (Å²) in [6, 6.07) is 13.9. The first kappa shape index (κ1) is 22.3. The van der Waals surface area contributed by atoms with E-state index in [0.717, 1.165) is 5.69 Å². The van der Waals surface area contributed by atoms with Crippen LogP contribution in [-0.2, 0) is 11.4 Å². The number of hydrogen-bond donors (Lipinski definition) is 1. The van der Waals surface area contributed by atoms with Crippen LogP contribution < -0.4 is 15.1 Å². The zero-order chi connectivity index (χ0) is 24.7. The van der Waals surface area contributed by atoms with Crippen LogP contribution in [0.2, 0.25) is 0 Å². The number of carbonyl (C=O) groups excluding carboxylic acids is 2. The maximum absolute atomic E-state index is 12.7. The van der Waals surface area contributed by atoms with Gasteiger partial charge in [0.2, 0.25) is 0 Å². The van der Waals surface area contributed by atoms with E-state index in [9.17, 15) is 19.5 Å². The Morgan fingerprint density at radius 3 is 2.69 bits per heavy atom. The lowest BCUT2D eigenvalue weighted by molar-refractivity contribution is -0.135.